The number of hydrogen-bond donors (Lipinski definition) is 0. The molecule has 0 saturated carbocycles. The molecule has 0 unspecified atom stereocenters. The predicted octanol–water partition coefficient (Wildman–Crippen LogP) is 2.59. The Hall–Kier alpha value is -2.96. The predicted molar refractivity (Wildman–Crippen MR) is 94.5 cm³/mol. The van der Waals surface area contributed by atoms with Crippen LogP contribution in [0.15, 0.2) is 48.8 Å². The second-order valence-electron chi connectivity index (χ2n) is 6.08. The van der Waals surface area contributed by atoms with Crippen molar-refractivity contribution < 1.29 is 4.74 Å². The Balaban J connectivity index is 1.46. The maximum Gasteiger partial charge on any atom is 0.151 e. The van der Waals surface area contributed by atoms with E-state index in [2.05, 4.69) is 25.4 Å². The summed E-state index contributed by atoms with van der Waals surface area (Å²) in [5.74, 6) is 1.72. The summed E-state index contributed by atoms with van der Waals surface area (Å²) >= 11 is 0. The highest BCUT2D eigenvalue weighted by Crippen LogP contribution is 2.29. The number of rotatable bonds is 4. The topological polar surface area (TPSA) is 69.0 Å². The number of piperidine rings is 1. The van der Waals surface area contributed by atoms with Gasteiger partial charge < -0.3 is 9.64 Å². The molecule has 0 bridgehead atoms. The summed E-state index contributed by atoms with van der Waals surface area (Å²) in [5.41, 5.74) is 1.77. The van der Waals surface area contributed by atoms with E-state index in [1.54, 1.807) is 13.3 Å². The van der Waals surface area contributed by atoms with Crippen molar-refractivity contribution in [1.29, 1.82) is 0 Å². The van der Waals surface area contributed by atoms with Crippen molar-refractivity contribution in [3.8, 4) is 17.0 Å². The number of ether oxygens (including phenoxy) is 1. The third-order valence-electron chi connectivity index (χ3n) is 4.64. The van der Waals surface area contributed by atoms with Crippen LogP contribution in [0.3, 0.4) is 0 Å². The molecule has 0 atom stereocenters. The fourth-order valence-corrected chi connectivity index (χ4v) is 3.27. The van der Waals surface area contributed by atoms with E-state index in [-0.39, 0.29) is 0 Å². The third kappa shape index (κ3) is 3.17. The highest BCUT2D eigenvalue weighted by atomic mass is 16.5. The van der Waals surface area contributed by atoms with Gasteiger partial charge in [0, 0.05) is 24.8 Å². The van der Waals surface area contributed by atoms with Crippen LogP contribution in [0, 0.1) is 0 Å². The first-order valence-electron chi connectivity index (χ1n) is 8.43. The van der Waals surface area contributed by atoms with E-state index in [4.69, 9.17) is 4.74 Å². The molecule has 1 aliphatic heterocycles. The monoisotopic (exact) mass is 336 g/mol. The zero-order chi connectivity index (χ0) is 17.1. The lowest BCUT2D eigenvalue weighted by atomic mass is 10.1. The van der Waals surface area contributed by atoms with Gasteiger partial charge in [-0.15, -0.1) is 15.3 Å². The maximum absolute atomic E-state index is 5.40. The molecule has 3 aromatic rings. The zero-order valence-corrected chi connectivity index (χ0v) is 14.1. The van der Waals surface area contributed by atoms with E-state index in [1.165, 1.54) is 0 Å². The van der Waals surface area contributed by atoms with Crippen molar-refractivity contribution in [3.63, 3.8) is 0 Å². The first-order chi connectivity index (χ1) is 12.3. The van der Waals surface area contributed by atoms with Crippen LogP contribution in [0.25, 0.3) is 11.3 Å². The Morgan fingerprint density at radius 2 is 1.88 bits per heavy atom. The van der Waals surface area contributed by atoms with Crippen LogP contribution < -0.4 is 9.64 Å². The SMILES string of the molecule is COc1ccccc1-c1ccc(N2CCC(n3ccnn3)CC2)nn1. The first-order valence-corrected chi connectivity index (χ1v) is 8.43. The largest absolute Gasteiger partial charge is 0.496 e. The summed E-state index contributed by atoms with van der Waals surface area (Å²) in [6, 6.07) is 12.3. The van der Waals surface area contributed by atoms with Gasteiger partial charge in [0.2, 0.25) is 0 Å². The standard InChI is InChI=1S/C18H20N6O/c1-25-17-5-3-2-4-15(17)16-6-7-18(21-20-16)23-11-8-14(9-12-23)24-13-10-19-22-24/h2-7,10,13-14H,8-9,11-12H2,1H3. The Bertz CT molecular complexity index is 810. The number of anilines is 1. The second-order valence-corrected chi connectivity index (χ2v) is 6.08. The van der Waals surface area contributed by atoms with Crippen molar-refractivity contribution in [3.05, 3.63) is 48.8 Å². The maximum atomic E-state index is 5.40. The Morgan fingerprint density at radius 3 is 2.56 bits per heavy atom. The molecule has 0 aliphatic carbocycles. The molecule has 128 valence electrons. The fraction of sp³-hybridized carbons (Fsp3) is 0.333. The molecule has 4 rings (SSSR count). The Labute approximate surface area is 146 Å². The molecule has 0 amide bonds. The normalized spacial score (nSPS) is 15.3. The molecule has 1 fully saturated rings. The van der Waals surface area contributed by atoms with E-state index in [0.29, 0.717) is 6.04 Å². The van der Waals surface area contributed by atoms with Crippen molar-refractivity contribution >= 4 is 5.82 Å². The third-order valence-corrected chi connectivity index (χ3v) is 4.64. The molecule has 7 heteroatoms. The number of methoxy groups -OCH3 is 1. The summed E-state index contributed by atoms with van der Waals surface area (Å²) in [7, 11) is 1.67. The lowest BCUT2D eigenvalue weighted by Crippen LogP contribution is -2.35. The molecule has 1 aliphatic rings. The Morgan fingerprint density at radius 1 is 1.04 bits per heavy atom. The molecular formula is C18H20N6O. The van der Waals surface area contributed by atoms with E-state index in [9.17, 15) is 0 Å². The first kappa shape index (κ1) is 15.6. The number of benzene rings is 1. The molecule has 2 aromatic heterocycles. The van der Waals surface area contributed by atoms with Gasteiger partial charge in [0.05, 0.1) is 25.0 Å². The molecule has 0 radical (unpaired) electrons. The van der Waals surface area contributed by atoms with Crippen molar-refractivity contribution in [2.45, 2.75) is 18.9 Å². The quantitative estimate of drug-likeness (QED) is 0.729. The van der Waals surface area contributed by atoms with Crippen molar-refractivity contribution in [1.82, 2.24) is 25.2 Å². The van der Waals surface area contributed by atoms with E-state index >= 15 is 0 Å². The van der Waals surface area contributed by atoms with Crippen LogP contribution in [0.2, 0.25) is 0 Å². The van der Waals surface area contributed by atoms with Gasteiger partial charge in [0.1, 0.15) is 5.75 Å². The van der Waals surface area contributed by atoms with Gasteiger partial charge >= 0.3 is 0 Å². The van der Waals surface area contributed by atoms with E-state index in [0.717, 1.165) is 48.8 Å². The minimum Gasteiger partial charge on any atom is -0.496 e. The lowest BCUT2D eigenvalue weighted by Gasteiger charge is -2.32. The molecule has 7 nitrogen and oxygen atoms in total. The summed E-state index contributed by atoms with van der Waals surface area (Å²) in [5, 5.41) is 16.8. The molecule has 25 heavy (non-hydrogen) atoms. The van der Waals surface area contributed by atoms with Crippen LogP contribution in [-0.2, 0) is 0 Å². The van der Waals surface area contributed by atoms with Crippen LogP contribution in [0.1, 0.15) is 18.9 Å². The molecule has 1 aromatic carbocycles. The molecule has 1 saturated heterocycles. The van der Waals surface area contributed by atoms with Crippen molar-refractivity contribution in [2.75, 3.05) is 25.1 Å². The van der Waals surface area contributed by atoms with Gasteiger partial charge in [0.25, 0.3) is 0 Å². The van der Waals surface area contributed by atoms with E-state index < -0.39 is 0 Å². The molecule has 0 spiro atoms. The Kier molecular flexibility index (Phi) is 4.28. The summed E-state index contributed by atoms with van der Waals surface area (Å²) in [4.78, 5) is 2.27. The average Bonchev–Trinajstić information content (AvgIpc) is 3.23. The lowest BCUT2D eigenvalue weighted by molar-refractivity contribution is 0.359. The van der Waals surface area contributed by atoms with Crippen LogP contribution in [-0.4, -0.2) is 45.4 Å². The highest BCUT2D eigenvalue weighted by Gasteiger charge is 2.22. The van der Waals surface area contributed by atoms with Crippen LogP contribution in [0.5, 0.6) is 5.75 Å². The molecule has 0 N–H and O–H groups in total. The number of para-hydroxylation sites is 1. The summed E-state index contributed by atoms with van der Waals surface area (Å²) < 4.78 is 7.35. The van der Waals surface area contributed by atoms with Gasteiger partial charge in [-0.25, -0.2) is 4.68 Å². The van der Waals surface area contributed by atoms with E-state index in [1.807, 2.05) is 47.3 Å². The van der Waals surface area contributed by atoms with Gasteiger partial charge in [0.15, 0.2) is 5.82 Å². The second kappa shape index (κ2) is 6.88. The molecule has 3 heterocycles. The molecular weight excluding hydrogens is 316 g/mol. The summed E-state index contributed by atoms with van der Waals surface area (Å²) in [6.07, 6.45) is 5.72. The van der Waals surface area contributed by atoms with Crippen molar-refractivity contribution in [2.24, 2.45) is 0 Å². The number of nitrogens with zero attached hydrogens (tertiary/aromatic N) is 6. The highest BCUT2D eigenvalue weighted by molar-refractivity contribution is 5.67. The summed E-state index contributed by atoms with van der Waals surface area (Å²) in [6.45, 7) is 1.88. The average molecular weight is 336 g/mol. The van der Waals surface area contributed by atoms with Crippen LogP contribution in [0.4, 0.5) is 5.82 Å². The smallest absolute Gasteiger partial charge is 0.151 e. The minimum atomic E-state index is 0.416. The van der Waals surface area contributed by atoms with Gasteiger partial charge in [-0.05, 0) is 37.1 Å². The number of hydrogen-bond acceptors (Lipinski definition) is 6. The zero-order valence-electron chi connectivity index (χ0n) is 14.1. The minimum absolute atomic E-state index is 0.416. The van der Waals surface area contributed by atoms with Gasteiger partial charge in [-0.1, -0.05) is 17.3 Å². The van der Waals surface area contributed by atoms with Gasteiger partial charge in [-0.3, -0.25) is 0 Å². The van der Waals surface area contributed by atoms with Crippen LogP contribution >= 0.6 is 0 Å². The number of aromatic nitrogens is 5. The van der Waals surface area contributed by atoms with Gasteiger partial charge in [-0.2, -0.15) is 0 Å². The fourth-order valence-electron chi connectivity index (χ4n) is 3.27.